The van der Waals surface area contributed by atoms with Gasteiger partial charge < -0.3 is 18.9 Å². The molecule has 0 radical (unpaired) electrons. The molecule has 0 unspecified atom stereocenters. The summed E-state index contributed by atoms with van der Waals surface area (Å²) in [4.78, 5) is 29.2. The van der Waals surface area contributed by atoms with Crippen molar-refractivity contribution >= 4 is 22.6 Å². The second kappa shape index (κ2) is 6.97. The van der Waals surface area contributed by atoms with Crippen LogP contribution >= 0.6 is 0 Å². The second-order valence-corrected chi connectivity index (χ2v) is 6.29. The van der Waals surface area contributed by atoms with Crippen LogP contribution < -0.4 is 24.3 Å². The lowest BCUT2D eigenvalue weighted by Gasteiger charge is -2.15. The molecule has 148 valence electrons. The summed E-state index contributed by atoms with van der Waals surface area (Å²) < 4.78 is 21.5. The summed E-state index contributed by atoms with van der Waals surface area (Å²) in [7, 11) is 6.12. The summed E-state index contributed by atoms with van der Waals surface area (Å²) in [5.74, 6) is 0.972. The van der Waals surface area contributed by atoms with E-state index in [0.29, 0.717) is 45.0 Å². The van der Waals surface area contributed by atoms with E-state index in [1.807, 2.05) is 0 Å². The molecule has 2 amide bonds. The highest BCUT2D eigenvalue weighted by Crippen LogP contribution is 2.41. The summed E-state index contributed by atoms with van der Waals surface area (Å²) in [6, 6.07) is 8.74. The Balaban J connectivity index is 2.09. The molecule has 1 aliphatic rings. The molecule has 8 nitrogen and oxygen atoms in total. The number of ether oxygens (including phenoxy) is 4. The number of benzene rings is 2. The van der Waals surface area contributed by atoms with E-state index in [2.05, 4.69) is 10.3 Å². The first kappa shape index (κ1) is 18.5. The predicted molar refractivity (Wildman–Crippen MR) is 105 cm³/mol. The second-order valence-electron chi connectivity index (χ2n) is 6.29. The zero-order valence-corrected chi connectivity index (χ0v) is 16.3. The van der Waals surface area contributed by atoms with Crippen molar-refractivity contribution < 1.29 is 28.5 Å². The van der Waals surface area contributed by atoms with Gasteiger partial charge in [0.25, 0.3) is 11.8 Å². The third kappa shape index (κ3) is 2.80. The van der Waals surface area contributed by atoms with E-state index in [0.717, 1.165) is 0 Å². The number of fused-ring (bicyclic) bond motifs is 3. The van der Waals surface area contributed by atoms with Gasteiger partial charge in [0.15, 0.2) is 23.0 Å². The van der Waals surface area contributed by atoms with Gasteiger partial charge in [0.2, 0.25) is 0 Å². The van der Waals surface area contributed by atoms with Gasteiger partial charge in [-0.05, 0) is 30.3 Å². The number of rotatable bonds is 5. The van der Waals surface area contributed by atoms with Crippen LogP contribution in [0.2, 0.25) is 0 Å². The number of amides is 2. The SMILES string of the molecule is COc1ccc(-c2nc3c(c4cc(OC)c(OC)cc24)C(=O)NC3=O)cc1OC. The molecular weight excluding hydrogens is 376 g/mol. The standard InChI is InChI=1S/C21H18N2O6/c1-26-13-6-5-10(7-14(13)27-2)18-12-9-16(29-4)15(28-3)8-11(12)17-19(22-18)21(25)23-20(17)24/h5-9H,1-4H3,(H,23,24,25). The fourth-order valence-corrected chi connectivity index (χ4v) is 3.46. The van der Waals surface area contributed by atoms with Crippen LogP contribution in [0, 0.1) is 0 Å². The van der Waals surface area contributed by atoms with Crippen molar-refractivity contribution in [2.75, 3.05) is 28.4 Å². The summed E-state index contributed by atoms with van der Waals surface area (Å²) in [6.07, 6.45) is 0. The molecule has 1 aliphatic heterocycles. The molecule has 2 aromatic carbocycles. The zero-order valence-electron chi connectivity index (χ0n) is 16.3. The molecular formula is C21H18N2O6. The van der Waals surface area contributed by atoms with Gasteiger partial charge in [-0.1, -0.05) is 0 Å². The van der Waals surface area contributed by atoms with Crippen molar-refractivity contribution in [2.24, 2.45) is 0 Å². The number of hydrogen-bond acceptors (Lipinski definition) is 7. The third-order valence-corrected chi connectivity index (χ3v) is 4.83. The maximum absolute atomic E-state index is 12.4. The number of aromatic nitrogens is 1. The Kier molecular flexibility index (Phi) is 4.46. The van der Waals surface area contributed by atoms with Crippen molar-refractivity contribution in [1.82, 2.24) is 10.3 Å². The van der Waals surface area contributed by atoms with Crippen LogP contribution in [-0.2, 0) is 0 Å². The molecule has 0 saturated carbocycles. The number of carbonyl (C=O) groups is 2. The number of pyridine rings is 1. The van der Waals surface area contributed by atoms with Gasteiger partial charge in [-0.25, -0.2) is 4.98 Å². The van der Waals surface area contributed by atoms with Gasteiger partial charge in [0.05, 0.1) is 39.7 Å². The highest BCUT2D eigenvalue weighted by Gasteiger charge is 2.33. The van der Waals surface area contributed by atoms with E-state index in [1.165, 1.54) is 21.3 Å². The van der Waals surface area contributed by atoms with Crippen molar-refractivity contribution in [3.05, 3.63) is 41.6 Å². The Bertz CT molecular complexity index is 1170. The molecule has 0 spiro atoms. The largest absolute Gasteiger partial charge is 0.493 e. The monoisotopic (exact) mass is 394 g/mol. The fourth-order valence-electron chi connectivity index (χ4n) is 3.46. The van der Waals surface area contributed by atoms with Crippen LogP contribution in [0.1, 0.15) is 20.8 Å². The molecule has 0 fully saturated rings. The van der Waals surface area contributed by atoms with E-state index in [4.69, 9.17) is 18.9 Å². The van der Waals surface area contributed by atoms with Gasteiger partial charge in [0.1, 0.15) is 5.69 Å². The van der Waals surface area contributed by atoms with Crippen LogP contribution in [0.15, 0.2) is 30.3 Å². The number of nitrogens with zero attached hydrogens (tertiary/aromatic N) is 1. The molecule has 29 heavy (non-hydrogen) atoms. The van der Waals surface area contributed by atoms with Crippen molar-refractivity contribution in [3.63, 3.8) is 0 Å². The molecule has 3 aromatic rings. The van der Waals surface area contributed by atoms with Crippen LogP contribution in [0.4, 0.5) is 0 Å². The zero-order chi connectivity index (χ0) is 20.7. The first-order chi connectivity index (χ1) is 14.0. The van der Waals surface area contributed by atoms with Gasteiger partial charge in [-0.2, -0.15) is 0 Å². The highest BCUT2D eigenvalue weighted by molar-refractivity contribution is 6.27. The van der Waals surface area contributed by atoms with Crippen LogP contribution in [0.5, 0.6) is 23.0 Å². The van der Waals surface area contributed by atoms with E-state index >= 15 is 0 Å². The van der Waals surface area contributed by atoms with E-state index in [1.54, 1.807) is 37.4 Å². The van der Waals surface area contributed by atoms with Crippen molar-refractivity contribution in [1.29, 1.82) is 0 Å². The van der Waals surface area contributed by atoms with E-state index in [-0.39, 0.29) is 11.3 Å². The normalized spacial score (nSPS) is 12.6. The topological polar surface area (TPSA) is 96.0 Å². The summed E-state index contributed by atoms with van der Waals surface area (Å²) >= 11 is 0. The minimum Gasteiger partial charge on any atom is -0.493 e. The van der Waals surface area contributed by atoms with Crippen LogP contribution in [0.3, 0.4) is 0 Å². The molecule has 0 atom stereocenters. The predicted octanol–water partition coefficient (Wildman–Crippen LogP) is 2.82. The first-order valence-corrected chi connectivity index (χ1v) is 8.70. The summed E-state index contributed by atoms with van der Waals surface area (Å²) in [5.41, 5.74) is 1.48. The minimum atomic E-state index is -0.539. The molecule has 0 saturated heterocycles. The van der Waals surface area contributed by atoms with Gasteiger partial charge in [-0.15, -0.1) is 0 Å². The van der Waals surface area contributed by atoms with Gasteiger partial charge >= 0.3 is 0 Å². The van der Waals surface area contributed by atoms with Crippen molar-refractivity contribution in [2.45, 2.75) is 0 Å². The highest BCUT2D eigenvalue weighted by atomic mass is 16.5. The molecule has 0 bridgehead atoms. The Labute approximate surface area is 166 Å². The molecule has 4 rings (SSSR count). The number of hydrogen-bond donors (Lipinski definition) is 1. The Morgan fingerprint density at radius 2 is 1.28 bits per heavy atom. The first-order valence-electron chi connectivity index (χ1n) is 8.70. The van der Waals surface area contributed by atoms with Crippen LogP contribution in [-0.4, -0.2) is 45.2 Å². The molecule has 1 N–H and O–H groups in total. The lowest BCUT2D eigenvalue weighted by atomic mass is 9.98. The maximum Gasteiger partial charge on any atom is 0.277 e. The third-order valence-electron chi connectivity index (χ3n) is 4.83. The Morgan fingerprint density at radius 3 is 1.90 bits per heavy atom. The van der Waals surface area contributed by atoms with Crippen LogP contribution in [0.25, 0.3) is 22.0 Å². The lowest BCUT2D eigenvalue weighted by molar-refractivity contribution is 0.0878. The average molecular weight is 394 g/mol. The summed E-state index contributed by atoms with van der Waals surface area (Å²) in [6.45, 7) is 0. The number of methoxy groups -OCH3 is 4. The minimum absolute atomic E-state index is 0.0690. The number of imide groups is 1. The van der Waals surface area contributed by atoms with Gasteiger partial charge in [0, 0.05) is 16.3 Å². The quantitative estimate of drug-likeness (QED) is 0.665. The molecule has 8 heteroatoms. The molecule has 0 aliphatic carbocycles. The fraction of sp³-hybridized carbons (Fsp3) is 0.190. The molecule has 1 aromatic heterocycles. The van der Waals surface area contributed by atoms with E-state index in [9.17, 15) is 9.59 Å². The maximum atomic E-state index is 12.4. The van der Waals surface area contributed by atoms with Crippen molar-refractivity contribution in [3.8, 4) is 34.3 Å². The number of carbonyl (C=O) groups excluding carboxylic acids is 2. The average Bonchev–Trinajstić information content (AvgIpc) is 3.04. The number of nitrogens with one attached hydrogen (secondary N) is 1. The Morgan fingerprint density at radius 1 is 0.690 bits per heavy atom. The smallest absolute Gasteiger partial charge is 0.277 e. The molecule has 2 heterocycles. The Hall–Kier alpha value is -3.81. The lowest BCUT2D eigenvalue weighted by Crippen LogP contribution is -2.20. The van der Waals surface area contributed by atoms with Gasteiger partial charge in [-0.3, -0.25) is 14.9 Å². The summed E-state index contributed by atoms with van der Waals surface area (Å²) in [5, 5.41) is 3.48. The van der Waals surface area contributed by atoms with E-state index < -0.39 is 11.8 Å².